The summed E-state index contributed by atoms with van der Waals surface area (Å²) in [5.74, 6) is 1.80. The maximum Gasteiger partial charge on any atom is 0.123 e. The molecule has 0 fully saturated rings. The van der Waals surface area contributed by atoms with E-state index in [0.29, 0.717) is 11.8 Å². The fraction of sp³-hybridized carbons (Fsp3) is 0.647. The Bertz CT molecular complexity index is 450. The van der Waals surface area contributed by atoms with Crippen LogP contribution < -0.4 is 10.1 Å². The van der Waals surface area contributed by atoms with Crippen LogP contribution in [0.15, 0.2) is 18.2 Å². The molecule has 2 atom stereocenters. The van der Waals surface area contributed by atoms with Crippen LogP contribution in [0.4, 0.5) is 4.39 Å². The standard InChI is InChI=1S/C17H26FNO2/c1-12(2)14(11-19-6-7-20-3)10-16-9-13-8-15(18)4-5-17(13)21-16/h4-5,8,12,14,16,19H,6-7,9-11H2,1-3H3. The zero-order valence-corrected chi connectivity index (χ0v) is 13.2. The van der Waals surface area contributed by atoms with Gasteiger partial charge in [-0.25, -0.2) is 4.39 Å². The molecule has 21 heavy (non-hydrogen) atoms. The molecule has 1 aliphatic rings. The summed E-state index contributed by atoms with van der Waals surface area (Å²) in [6.07, 6.45) is 1.97. The van der Waals surface area contributed by atoms with Crippen molar-refractivity contribution in [3.8, 4) is 5.75 Å². The summed E-state index contributed by atoms with van der Waals surface area (Å²) >= 11 is 0. The maximum atomic E-state index is 13.2. The van der Waals surface area contributed by atoms with Crippen molar-refractivity contribution in [3.63, 3.8) is 0 Å². The molecule has 2 rings (SSSR count). The molecule has 0 saturated carbocycles. The van der Waals surface area contributed by atoms with Crippen molar-refractivity contribution in [3.05, 3.63) is 29.6 Å². The maximum absolute atomic E-state index is 13.2. The highest BCUT2D eigenvalue weighted by Crippen LogP contribution is 2.32. The van der Waals surface area contributed by atoms with Crippen LogP contribution in [-0.2, 0) is 11.2 Å². The molecular weight excluding hydrogens is 269 g/mol. The van der Waals surface area contributed by atoms with E-state index in [4.69, 9.17) is 9.47 Å². The van der Waals surface area contributed by atoms with Crippen LogP contribution in [-0.4, -0.2) is 32.9 Å². The van der Waals surface area contributed by atoms with Gasteiger partial charge >= 0.3 is 0 Å². The van der Waals surface area contributed by atoms with Gasteiger partial charge in [0.05, 0.1) is 6.61 Å². The second kappa shape index (κ2) is 7.76. The molecule has 0 aromatic heterocycles. The van der Waals surface area contributed by atoms with Crippen molar-refractivity contribution >= 4 is 0 Å². The van der Waals surface area contributed by atoms with Crippen molar-refractivity contribution in [2.24, 2.45) is 11.8 Å². The topological polar surface area (TPSA) is 30.5 Å². The van der Waals surface area contributed by atoms with E-state index in [1.807, 2.05) is 0 Å². The highest BCUT2D eigenvalue weighted by molar-refractivity contribution is 5.37. The lowest BCUT2D eigenvalue weighted by atomic mass is 9.89. The van der Waals surface area contributed by atoms with Crippen LogP contribution in [0.1, 0.15) is 25.8 Å². The predicted molar refractivity (Wildman–Crippen MR) is 82.2 cm³/mol. The molecule has 1 heterocycles. The van der Waals surface area contributed by atoms with E-state index in [9.17, 15) is 4.39 Å². The van der Waals surface area contributed by atoms with Crippen LogP contribution in [0, 0.1) is 17.7 Å². The fourth-order valence-corrected chi connectivity index (χ4v) is 2.81. The number of halogens is 1. The van der Waals surface area contributed by atoms with E-state index in [2.05, 4.69) is 19.2 Å². The van der Waals surface area contributed by atoms with Crippen LogP contribution >= 0.6 is 0 Å². The predicted octanol–water partition coefficient (Wildman–Crippen LogP) is 3.03. The third-order valence-corrected chi connectivity index (χ3v) is 4.16. The van der Waals surface area contributed by atoms with Gasteiger partial charge in [0.1, 0.15) is 17.7 Å². The molecular formula is C17H26FNO2. The van der Waals surface area contributed by atoms with E-state index in [1.54, 1.807) is 19.2 Å². The van der Waals surface area contributed by atoms with Crippen LogP contribution in [0.2, 0.25) is 0 Å². The SMILES string of the molecule is COCCNCC(CC1Cc2cc(F)ccc2O1)C(C)C. The van der Waals surface area contributed by atoms with Crippen LogP contribution in [0.5, 0.6) is 5.75 Å². The molecule has 2 unspecified atom stereocenters. The van der Waals surface area contributed by atoms with Gasteiger partial charge in [0.15, 0.2) is 0 Å². The summed E-state index contributed by atoms with van der Waals surface area (Å²) in [4.78, 5) is 0. The Morgan fingerprint density at radius 1 is 1.43 bits per heavy atom. The summed E-state index contributed by atoms with van der Waals surface area (Å²) in [5.41, 5.74) is 0.995. The third-order valence-electron chi connectivity index (χ3n) is 4.16. The van der Waals surface area contributed by atoms with E-state index < -0.39 is 0 Å². The Kier molecular flexibility index (Phi) is 6.00. The molecule has 118 valence electrons. The van der Waals surface area contributed by atoms with E-state index in [0.717, 1.165) is 43.9 Å². The minimum absolute atomic E-state index is 0.165. The first kappa shape index (κ1) is 16.2. The molecule has 0 amide bonds. The van der Waals surface area contributed by atoms with Crippen molar-refractivity contribution < 1.29 is 13.9 Å². The summed E-state index contributed by atoms with van der Waals surface area (Å²) in [5, 5.41) is 3.43. The van der Waals surface area contributed by atoms with Gasteiger partial charge in [-0.05, 0) is 43.0 Å². The van der Waals surface area contributed by atoms with Gasteiger partial charge in [0, 0.05) is 25.6 Å². The van der Waals surface area contributed by atoms with Crippen molar-refractivity contribution in [1.29, 1.82) is 0 Å². The highest BCUT2D eigenvalue weighted by Gasteiger charge is 2.27. The minimum Gasteiger partial charge on any atom is -0.490 e. The lowest BCUT2D eigenvalue weighted by Gasteiger charge is -2.24. The van der Waals surface area contributed by atoms with Gasteiger partial charge in [0.25, 0.3) is 0 Å². The number of hydrogen-bond donors (Lipinski definition) is 1. The molecule has 0 bridgehead atoms. The largest absolute Gasteiger partial charge is 0.490 e. The molecule has 1 aromatic rings. The van der Waals surface area contributed by atoms with Gasteiger partial charge in [0.2, 0.25) is 0 Å². The van der Waals surface area contributed by atoms with Gasteiger partial charge in [-0.15, -0.1) is 0 Å². The van der Waals surface area contributed by atoms with E-state index in [-0.39, 0.29) is 11.9 Å². The van der Waals surface area contributed by atoms with E-state index in [1.165, 1.54) is 6.07 Å². The first-order valence-electron chi connectivity index (χ1n) is 7.75. The number of ether oxygens (including phenoxy) is 2. The normalized spacial score (nSPS) is 18.6. The van der Waals surface area contributed by atoms with Gasteiger partial charge in [-0.2, -0.15) is 0 Å². The van der Waals surface area contributed by atoms with Gasteiger partial charge in [-0.1, -0.05) is 13.8 Å². The quantitative estimate of drug-likeness (QED) is 0.748. The highest BCUT2D eigenvalue weighted by atomic mass is 19.1. The van der Waals surface area contributed by atoms with Crippen molar-refractivity contribution in [2.45, 2.75) is 32.8 Å². The Morgan fingerprint density at radius 2 is 2.24 bits per heavy atom. The Morgan fingerprint density at radius 3 is 2.95 bits per heavy atom. The summed E-state index contributed by atoms with van der Waals surface area (Å²) in [7, 11) is 1.71. The average Bonchev–Trinajstić information content (AvgIpc) is 2.83. The molecule has 0 spiro atoms. The molecule has 0 aliphatic carbocycles. The summed E-state index contributed by atoms with van der Waals surface area (Å²) in [6.45, 7) is 7.05. The zero-order chi connectivity index (χ0) is 15.2. The fourth-order valence-electron chi connectivity index (χ4n) is 2.81. The van der Waals surface area contributed by atoms with Gasteiger partial charge < -0.3 is 14.8 Å². The molecule has 3 nitrogen and oxygen atoms in total. The first-order valence-corrected chi connectivity index (χ1v) is 7.75. The molecule has 1 aromatic carbocycles. The zero-order valence-electron chi connectivity index (χ0n) is 13.2. The minimum atomic E-state index is -0.181. The lowest BCUT2D eigenvalue weighted by molar-refractivity contribution is 0.166. The monoisotopic (exact) mass is 295 g/mol. The molecule has 1 N–H and O–H groups in total. The number of benzene rings is 1. The second-order valence-electron chi connectivity index (χ2n) is 6.13. The summed E-state index contributed by atoms with van der Waals surface area (Å²) < 4.78 is 24.2. The van der Waals surface area contributed by atoms with Crippen LogP contribution in [0.25, 0.3) is 0 Å². The molecule has 0 radical (unpaired) electrons. The second-order valence-corrected chi connectivity index (χ2v) is 6.13. The van der Waals surface area contributed by atoms with Crippen molar-refractivity contribution in [1.82, 2.24) is 5.32 Å². The Balaban J connectivity index is 1.85. The number of rotatable bonds is 8. The smallest absolute Gasteiger partial charge is 0.123 e. The number of nitrogens with one attached hydrogen (secondary N) is 1. The molecule has 1 aliphatic heterocycles. The van der Waals surface area contributed by atoms with Gasteiger partial charge in [-0.3, -0.25) is 0 Å². The molecule has 0 saturated heterocycles. The van der Waals surface area contributed by atoms with Crippen molar-refractivity contribution in [2.75, 3.05) is 26.8 Å². The number of fused-ring (bicyclic) bond motifs is 1. The van der Waals surface area contributed by atoms with Crippen LogP contribution in [0.3, 0.4) is 0 Å². The number of methoxy groups -OCH3 is 1. The number of hydrogen-bond acceptors (Lipinski definition) is 3. The lowest BCUT2D eigenvalue weighted by Crippen LogP contribution is -2.32. The summed E-state index contributed by atoms with van der Waals surface area (Å²) in [6, 6.07) is 4.80. The Labute approximate surface area is 126 Å². The first-order chi connectivity index (χ1) is 10.1. The van der Waals surface area contributed by atoms with E-state index >= 15 is 0 Å². The Hall–Kier alpha value is -1.13. The molecule has 4 heteroatoms. The third kappa shape index (κ3) is 4.68. The average molecular weight is 295 g/mol.